The van der Waals surface area contributed by atoms with Crippen LogP contribution in [-0.4, -0.2) is 11.6 Å². The fraction of sp³-hybridized carbons (Fsp3) is 0.440. The van der Waals surface area contributed by atoms with Crippen molar-refractivity contribution >= 4 is 10.9 Å². The lowest BCUT2D eigenvalue weighted by atomic mass is 10.0. The molecule has 0 aliphatic rings. The van der Waals surface area contributed by atoms with E-state index in [9.17, 15) is 4.79 Å². The smallest absolute Gasteiger partial charge is 0.397 e. The van der Waals surface area contributed by atoms with Gasteiger partial charge in [0.25, 0.3) is 0 Å². The molecule has 0 saturated heterocycles. The number of benzene rings is 2. The Hall–Kier alpha value is -2.62. The van der Waals surface area contributed by atoms with E-state index < -0.39 is 0 Å². The van der Waals surface area contributed by atoms with Gasteiger partial charge in [0.15, 0.2) is 0 Å². The highest BCUT2D eigenvalue weighted by Crippen LogP contribution is 2.15. The topological polar surface area (TPSA) is 52.3 Å². The Morgan fingerprint density at radius 1 is 0.862 bits per heavy atom. The second-order valence-electron chi connectivity index (χ2n) is 7.70. The number of ether oxygens (including phenoxy) is 1. The quantitative estimate of drug-likeness (QED) is 0.342. The summed E-state index contributed by atoms with van der Waals surface area (Å²) in [7, 11) is 0. The average Bonchev–Trinajstić information content (AvgIpc) is 2.73. The van der Waals surface area contributed by atoms with E-state index in [0.717, 1.165) is 18.4 Å². The van der Waals surface area contributed by atoms with E-state index >= 15 is 0 Å². The molecule has 29 heavy (non-hydrogen) atoms. The molecule has 1 aromatic heterocycles. The highest BCUT2D eigenvalue weighted by molar-refractivity contribution is 5.77. The lowest BCUT2D eigenvalue weighted by Gasteiger charge is -2.05. The predicted octanol–water partition coefficient (Wildman–Crippen LogP) is 6.24. The zero-order valence-electron chi connectivity index (χ0n) is 17.4. The Kier molecular flexibility index (Phi) is 8.29. The van der Waals surface area contributed by atoms with E-state index in [4.69, 9.17) is 9.15 Å². The maximum Gasteiger partial charge on any atom is 0.397 e. The van der Waals surface area contributed by atoms with Gasteiger partial charge in [0.1, 0.15) is 0 Å². The van der Waals surface area contributed by atoms with Crippen LogP contribution in [0.15, 0.2) is 57.7 Å². The van der Waals surface area contributed by atoms with Gasteiger partial charge in [-0.1, -0.05) is 80.5 Å². The molecule has 1 heterocycles. The fourth-order valence-electron chi connectivity index (χ4n) is 3.52. The molecule has 0 bridgehead atoms. The molecule has 0 saturated carbocycles. The Morgan fingerprint density at radius 2 is 1.55 bits per heavy atom. The number of aryl methyl sites for hydroxylation is 2. The first-order chi connectivity index (χ1) is 14.2. The summed E-state index contributed by atoms with van der Waals surface area (Å²) in [5.41, 5.74) is 2.69. The number of hydrogen-bond donors (Lipinski definition) is 0. The van der Waals surface area contributed by atoms with Crippen LogP contribution < -0.4 is 10.4 Å². The number of hydrogen-bond acceptors (Lipinski definition) is 4. The molecule has 3 aromatic rings. The first-order valence-corrected chi connectivity index (χ1v) is 10.8. The summed E-state index contributed by atoms with van der Waals surface area (Å²) in [6.45, 7) is 2.47. The van der Waals surface area contributed by atoms with E-state index in [1.165, 1.54) is 50.5 Å². The monoisotopic (exact) mass is 393 g/mol. The van der Waals surface area contributed by atoms with Crippen molar-refractivity contribution in [2.75, 3.05) is 6.61 Å². The molecule has 4 heteroatoms. The third-order valence-corrected chi connectivity index (χ3v) is 5.19. The second kappa shape index (κ2) is 11.4. The van der Waals surface area contributed by atoms with Crippen LogP contribution in [-0.2, 0) is 6.42 Å². The second-order valence-corrected chi connectivity index (χ2v) is 7.70. The lowest BCUT2D eigenvalue weighted by molar-refractivity contribution is 0.211. The molecule has 0 aliphatic carbocycles. The Balaban J connectivity index is 1.23. The summed E-state index contributed by atoms with van der Waals surface area (Å²) in [6.07, 6.45) is 11.0. The minimum Gasteiger partial charge on any atom is -0.450 e. The molecule has 0 fully saturated rings. The summed E-state index contributed by atoms with van der Waals surface area (Å²) < 4.78 is 10.7. The normalized spacial score (nSPS) is 11.1. The van der Waals surface area contributed by atoms with Gasteiger partial charge in [0.2, 0.25) is 0 Å². The summed E-state index contributed by atoms with van der Waals surface area (Å²) in [4.78, 5) is 16.3. The Labute approximate surface area is 172 Å². The van der Waals surface area contributed by atoms with Crippen LogP contribution in [0.2, 0.25) is 0 Å². The van der Waals surface area contributed by atoms with Crippen LogP contribution in [0, 0.1) is 6.92 Å². The third-order valence-electron chi connectivity index (χ3n) is 5.19. The molecule has 0 unspecified atom stereocenters. The molecule has 0 amide bonds. The minimum atomic E-state index is -0.388. The zero-order chi connectivity index (χ0) is 20.3. The number of unbranched alkanes of at least 4 members (excludes halogenated alkanes) is 7. The molecule has 0 spiro atoms. The van der Waals surface area contributed by atoms with Gasteiger partial charge in [-0.15, -0.1) is 0 Å². The minimum absolute atomic E-state index is 0.0739. The lowest BCUT2D eigenvalue weighted by Crippen LogP contribution is -2.06. The van der Waals surface area contributed by atoms with E-state index in [2.05, 4.69) is 35.3 Å². The highest BCUT2D eigenvalue weighted by Gasteiger charge is 2.07. The van der Waals surface area contributed by atoms with Gasteiger partial charge >= 0.3 is 11.7 Å². The van der Waals surface area contributed by atoms with Gasteiger partial charge in [0.05, 0.1) is 17.5 Å². The summed E-state index contributed by atoms with van der Waals surface area (Å²) in [5.74, 6) is 0. The molecular formula is C25H31NO3. The van der Waals surface area contributed by atoms with Crippen molar-refractivity contribution in [3.05, 3.63) is 70.1 Å². The summed E-state index contributed by atoms with van der Waals surface area (Å²) in [5, 5.41) is 0.501. The summed E-state index contributed by atoms with van der Waals surface area (Å²) >= 11 is 0. The molecular weight excluding hydrogens is 362 g/mol. The first kappa shape index (κ1) is 21.1. The van der Waals surface area contributed by atoms with Gasteiger partial charge in [-0.3, -0.25) is 0 Å². The molecule has 154 valence electrons. The number of fused-ring (bicyclic) bond motifs is 1. The largest absolute Gasteiger partial charge is 0.450 e. The molecule has 0 aliphatic heterocycles. The number of aromatic nitrogens is 1. The molecule has 4 nitrogen and oxygen atoms in total. The number of nitrogens with zero attached hydrogens (tertiary/aromatic N) is 1. The van der Waals surface area contributed by atoms with Gasteiger partial charge < -0.3 is 9.15 Å². The maximum absolute atomic E-state index is 12.0. The van der Waals surface area contributed by atoms with Crippen molar-refractivity contribution in [1.29, 1.82) is 0 Å². The molecule has 2 aromatic carbocycles. The first-order valence-electron chi connectivity index (χ1n) is 10.8. The van der Waals surface area contributed by atoms with Crippen molar-refractivity contribution in [2.24, 2.45) is 0 Å². The van der Waals surface area contributed by atoms with Crippen molar-refractivity contribution in [1.82, 2.24) is 4.98 Å². The van der Waals surface area contributed by atoms with Crippen molar-refractivity contribution in [3.63, 3.8) is 0 Å². The van der Waals surface area contributed by atoms with Gasteiger partial charge in [0, 0.05) is 0 Å². The van der Waals surface area contributed by atoms with Gasteiger partial charge in [-0.05, 0) is 43.9 Å². The fourth-order valence-corrected chi connectivity index (χ4v) is 3.52. The van der Waals surface area contributed by atoms with Crippen molar-refractivity contribution < 1.29 is 9.15 Å². The summed E-state index contributed by atoms with van der Waals surface area (Å²) in [6, 6.07) is 16.3. The molecule has 3 rings (SSSR count). The van der Waals surface area contributed by atoms with Crippen LogP contribution in [0.3, 0.4) is 0 Å². The van der Waals surface area contributed by atoms with E-state index in [1.807, 2.05) is 19.1 Å². The standard InChI is InChI=1S/C25H31NO3/c1-20-16-17-23-22(19-20)24(27)29-25(26-23)28-18-12-7-5-3-2-4-6-9-13-21-14-10-8-11-15-21/h8,10-11,14-17,19H,2-7,9,12-13,18H2,1H3. The third kappa shape index (κ3) is 7.04. The Bertz CT molecular complexity index is 934. The van der Waals surface area contributed by atoms with Crippen molar-refractivity contribution in [3.8, 4) is 6.08 Å². The van der Waals surface area contributed by atoms with E-state index in [0.29, 0.717) is 17.5 Å². The van der Waals surface area contributed by atoms with Gasteiger partial charge in [-0.2, -0.15) is 4.98 Å². The van der Waals surface area contributed by atoms with Crippen molar-refractivity contribution in [2.45, 2.75) is 64.7 Å². The highest BCUT2D eigenvalue weighted by atomic mass is 16.6. The number of rotatable bonds is 12. The zero-order valence-corrected chi connectivity index (χ0v) is 17.4. The molecule has 0 radical (unpaired) electrons. The molecule has 0 N–H and O–H groups in total. The Morgan fingerprint density at radius 3 is 2.31 bits per heavy atom. The SMILES string of the molecule is Cc1ccc2nc(OCCCCCCCCCCc3ccccc3)oc(=O)c2c1. The average molecular weight is 394 g/mol. The predicted molar refractivity (Wildman–Crippen MR) is 118 cm³/mol. The van der Waals surface area contributed by atoms with E-state index in [-0.39, 0.29) is 11.7 Å². The van der Waals surface area contributed by atoms with Crippen LogP contribution in [0.4, 0.5) is 0 Å². The molecule has 0 atom stereocenters. The van der Waals surface area contributed by atoms with E-state index in [1.54, 1.807) is 6.07 Å². The maximum atomic E-state index is 12.0. The van der Waals surface area contributed by atoms with Crippen LogP contribution in [0.1, 0.15) is 62.5 Å². The van der Waals surface area contributed by atoms with Crippen LogP contribution >= 0.6 is 0 Å². The van der Waals surface area contributed by atoms with Gasteiger partial charge in [-0.25, -0.2) is 4.79 Å². The van der Waals surface area contributed by atoms with Crippen LogP contribution in [0.5, 0.6) is 6.08 Å². The van der Waals surface area contributed by atoms with Crippen LogP contribution in [0.25, 0.3) is 10.9 Å².